The summed E-state index contributed by atoms with van der Waals surface area (Å²) in [5.41, 5.74) is 0. The number of rotatable bonds is 7. The third kappa shape index (κ3) is 4.98. The van der Waals surface area contributed by atoms with Crippen LogP contribution in [0.5, 0.6) is 0 Å². The molecule has 0 radical (unpaired) electrons. The van der Waals surface area contributed by atoms with Crippen molar-refractivity contribution in [2.24, 2.45) is 11.8 Å². The molecule has 0 saturated carbocycles. The Balaban J connectivity index is 2.12. The molecule has 1 fully saturated rings. The number of hydrogen-bond donors (Lipinski definition) is 1. The average Bonchev–Trinajstić information content (AvgIpc) is 2.63. The van der Waals surface area contributed by atoms with Gasteiger partial charge in [0.25, 0.3) is 0 Å². The van der Waals surface area contributed by atoms with E-state index in [4.69, 9.17) is 0 Å². The van der Waals surface area contributed by atoms with Crippen molar-refractivity contribution in [3.05, 3.63) is 0 Å². The Kier molecular flexibility index (Phi) is 6.26. The molecule has 15 heavy (non-hydrogen) atoms. The Morgan fingerprint density at radius 1 is 1.47 bits per heavy atom. The van der Waals surface area contributed by atoms with E-state index in [1.54, 1.807) is 0 Å². The summed E-state index contributed by atoms with van der Waals surface area (Å²) < 4.78 is 0. The summed E-state index contributed by atoms with van der Waals surface area (Å²) in [5, 5.41) is 3.24. The van der Waals surface area contributed by atoms with Gasteiger partial charge < -0.3 is 10.2 Å². The standard InChI is InChI=1S/C13H28N2/c1-4-8-15-9-6-13(11-15)10-12(2)5-7-14-3/h12-14H,4-11H2,1-3H3. The zero-order chi connectivity index (χ0) is 11.1. The molecule has 1 saturated heterocycles. The number of nitrogens with zero attached hydrogens (tertiary/aromatic N) is 1. The normalized spacial score (nSPS) is 24.6. The second-order valence-electron chi connectivity index (χ2n) is 5.19. The van der Waals surface area contributed by atoms with Crippen LogP contribution in [0.3, 0.4) is 0 Å². The summed E-state index contributed by atoms with van der Waals surface area (Å²) in [6.45, 7) is 9.87. The average molecular weight is 212 g/mol. The van der Waals surface area contributed by atoms with Crippen LogP contribution in [0.2, 0.25) is 0 Å². The predicted octanol–water partition coefficient (Wildman–Crippen LogP) is 2.35. The van der Waals surface area contributed by atoms with Crippen LogP contribution in [0.25, 0.3) is 0 Å². The van der Waals surface area contributed by atoms with Crippen molar-refractivity contribution in [3.63, 3.8) is 0 Å². The van der Waals surface area contributed by atoms with E-state index < -0.39 is 0 Å². The van der Waals surface area contributed by atoms with Gasteiger partial charge in [-0.05, 0) is 64.2 Å². The van der Waals surface area contributed by atoms with Crippen LogP contribution in [0.1, 0.15) is 39.5 Å². The fraction of sp³-hybridized carbons (Fsp3) is 1.00. The first-order valence-corrected chi connectivity index (χ1v) is 6.63. The van der Waals surface area contributed by atoms with Crippen LogP contribution < -0.4 is 5.32 Å². The first-order chi connectivity index (χ1) is 7.26. The second-order valence-corrected chi connectivity index (χ2v) is 5.19. The van der Waals surface area contributed by atoms with E-state index in [1.165, 1.54) is 51.9 Å². The lowest BCUT2D eigenvalue weighted by atomic mass is 9.93. The van der Waals surface area contributed by atoms with Crippen molar-refractivity contribution < 1.29 is 0 Å². The molecule has 2 unspecified atom stereocenters. The topological polar surface area (TPSA) is 15.3 Å². The number of hydrogen-bond acceptors (Lipinski definition) is 2. The third-order valence-corrected chi connectivity index (χ3v) is 3.53. The van der Waals surface area contributed by atoms with Gasteiger partial charge in [-0.1, -0.05) is 13.8 Å². The molecular weight excluding hydrogens is 184 g/mol. The molecule has 2 heteroatoms. The zero-order valence-corrected chi connectivity index (χ0v) is 10.8. The Morgan fingerprint density at radius 2 is 2.27 bits per heavy atom. The van der Waals surface area contributed by atoms with E-state index in [-0.39, 0.29) is 0 Å². The molecule has 90 valence electrons. The van der Waals surface area contributed by atoms with Gasteiger partial charge in [-0.3, -0.25) is 0 Å². The molecule has 0 aromatic carbocycles. The highest BCUT2D eigenvalue weighted by Crippen LogP contribution is 2.24. The molecule has 0 aliphatic carbocycles. The number of likely N-dealkylation sites (tertiary alicyclic amines) is 1. The third-order valence-electron chi connectivity index (χ3n) is 3.53. The van der Waals surface area contributed by atoms with Gasteiger partial charge in [0, 0.05) is 6.54 Å². The lowest BCUT2D eigenvalue weighted by Crippen LogP contribution is -2.22. The van der Waals surface area contributed by atoms with Gasteiger partial charge in [0.05, 0.1) is 0 Å². The van der Waals surface area contributed by atoms with Crippen molar-refractivity contribution in [2.45, 2.75) is 39.5 Å². The van der Waals surface area contributed by atoms with Gasteiger partial charge in [-0.15, -0.1) is 0 Å². The minimum Gasteiger partial charge on any atom is -0.320 e. The Hall–Kier alpha value is -0.0800. The molecular formula is C13H28N2. The van der Waals surface area contributed by atoms with Crippen molar-refractivity contribution >= 4 is 0 Å². The maximum atomic E-state index is 3.24. The highest BCUT2D eigenvalue weighted by Gasteiger charge is 2.22. The van der Waals surface area contributed by atoms with E-state index in [0.29, 0.717) is 0 Å². The van der Waals surface area contributed by atoms with E-state index >= 15 is 0 Å². The van der Waals surface area contributed by atoms with Gasteiger partial charge in [-0.2, -0.15) is 0 Å². The van der Waals surface area contributed by atoms with Crippen molar-refractivity contribution in [2.75, 3.05) is 33.2 Å². The number of nitrogens with one attached hydrogen (secondary N) is 1. The molecule has 0 bridgehead atoms. The molecule has 1 aliphatic heterocycles. The summed E-state index contributed by atoms with van der Waals surface area (Å²) in [5.74, 6) is 1.87. The van der Waals surface area contributed by atoms with E-state index in [0.717, 1.165) is 11.8 Å². The lowest BCUT2D eigenvalue weighted by Gasteiger charge is -2.17. The van der Waals surface area contributed by atoms with Gasteiger partial charge in [0.15, 0.2) is 0 Å². The maximum absolute atomic E-state index is 3.24. The molecule has 0 aromatic rings. The zero-order valence-electron chi connectivity index (χ0n) is 10.8. The monoisotopic (exact) mass is 212 g/mol. The minimum atomic E-state index is 0.893. The van der Waals surface area contributed by atoms with Crippen LogP contribution in [0, 0.1) is 11.8 Å². The molecule has 2 atom stereocenters. The van der Waals surface area contributed by atoms with Gasteiger partial charge in [-0.25, -0.2) is 0 Å². The van der Waals surface area contributed by atoms with Crippen molar-refractivity contribution in [3.8, 4) is 0 Å². The summed E-state index contributed by atoms with van der Waals surface area (Å²) in [4.78, 5) is 2.63. The fourth-order valence-corrected chi connectivity index (χ4v) is 2.70. The van der Waals surface area contributed by atoms with Crippen LogP contribution in [-0.2, 0) is 0 Å². The largest absolute Gasteiger partial charge is 0.320 e. The molecule has 2 nitrogen and oxygen atoms in total. The highest BCUT2D eigenvalue weighted by molar-refractivity contribution is 4.76. The molecule has 1 rings (SSSR count). The highest BCUT2D eigenvalue weighted by atomic mass is 15.1. The first kappa shape index (κ1) is 13.0. The summed E-state index contributed by atoms with van der Waals surface area (Å²) >= 11 is 0. The van der Waals surface area contributed by atoms with E-state index in [9.17, 15) is 0 Å². The van der Waals surface area contributed by atoms with Crippen LogP contribution >= 0.6 is 0 Å². The Labute approximate surface area is 95.4 Å². The maximum Gasteiger partial charge on any atom is 0.00102 e. The van der Waals surface area contributed by atoms with Crippen molar-refractivity contribution in [1.29, 1.82) is 0 Å². The quantitative estimate of drug-likeness (QED) is 0.697. The Bertz CT molecular complexity index is 159. The van der Waals surface area contributed by atoms with Crippen LogP contribution in [0.4, 0.5) is 0 Å². The first-order valence-electron chi connectivity index (χ1n) is 6.63. The second kappa shape index (κ2) is 7.24. The van der Waals surface area contributed by atoms with Gasteiger partial charge in [0.2, 0.25) is 0 Å². The van der Waals surface area contributed by atoms with E-state index in [1.807, 2.05) is 7.05 Å². The van der Waals surface area contributed by atoms with Crippen LogP contribution in [0.15, 0.2) is 0 Å². The predicted molar refractivity (Wildman–Crippen MR) is 67.2 cm³/mol. The Morgan fingerprint density at radius 3 is 2.93 bits per heavy atom. The minimum absolute atomic E-state index is 0.893. The summed E-state index contributed by atoms with van der Waals surface area (Å²) in [6, 6.07) is 0. The summed E-state index contributed by atoms with van der Waals surface area (Å²) in [6.07, 6.45) is 5.51. The molecule has 0 amide bonds. The summed E-state index contributed by atoms with van der Waals surface area (Å²) in [7, 11) is 2.05. The fourth-order valence-electron chi connectivity index (χ4n) is 2.70. The van der Waals surface area contributed by atoms with Gasteiger partial charge in [0.1, 0.15) is 0 Å². The molecule has 0 spiro atoms. The smallest absolute Gasteiger partial charge is 0.00102 e. The lowest BCUT2D eigenvalue weighted by molar-refractivity contribution is 0.306. The molecule has 0 aromatic heterocycles. The SMILES string of the molecule is CCCN1CCC(CC(C)CCNC)C1. The molecule has 1 aliphatic rings. The molecule has 1 N–H and O–H groups in total. The van der Waals surface area contributed by atoms with Gasteiger partial charge >= 0.3 is 0 Å². The molecule has 1 heterocycles. The van der Waals surface area contributed by atoms with E-state index in [2.05, 4.69) is 24.1 Å². The van der Waals surface area contributed by atoms with Crippen molar-refractivity contribution in [1.82, 2.24) is 10.2 Å². The van der Waals surface area contributed by atoms with Crippen LogP contribution in [-0.4, -0.2) is 38.1 Å².